The quantitative estimate of drug-likeness (QED) is 0.655. The predicted molar refractivity (Wildman–Crippen MR) is 76.8 cm³/mol. The van der Waals surface area contributed by atoms with E-state index in [9.17, 15) is 14.9 Å². The number of aryl methyl sites for hydroxylation is 2. The van der Waals surface area contributed by atoms with Gasteiger partial charge in [0.15, 0.2) is 0 Å². The number of rotatable bonds is 3. The third kappa shape index (κ3) is 3.14. The van der Waals surface area contributed by atoms with Crippen molar-refractivity contribution in [3.8, 4) is 0 Å². The Morgan fingerprint density at radius 2 is 2.10 bits per heavy atom. The molecule has 0 aromatic heterocycles. The van der Waals surface area contributed by atoms with Gasteiger partial charge in [0.25, 0.3) is 5.69 Å². The molecule has 0 unspecified atom stereocenters. The summed E-state index contributed by atoms with van der Waals surface area (Å²) in [5.41, 5.74) is 2.00. The highest BCUT2D eigenvalue weighted by Crippen LogP contribution is 2.28. The summed E-state index contributed by atoms with van der Waals surface area (Å²) in [6, 6.07) is 3.17. The molecule has 0 spiro atoms. The van der Waals surface area contributed by atoms with Crippen molar-refractivity contribution in [3.63, 3.8) is 0 Å². The fraction of sp³-hybridized carbons (Fsp3) is 0.500. The Morgan fingerprint density at radius 3 is 2.70 bits per heavy atom. The minimum absolute atomic E-state index is 0.0507. The molecule has 1 aliphatic rings. The van der Waals surface area contributed by atoms with Gasteiger partial charge in [0.05, 0.1) is 10.8 Å². The van der Waals surface area contributed by atoms with Crippen molar-refractivity contribution in [2.24, 2.45) is 5.92 Å². The Morgan fingerprint density at radius 1 is 1.40 bits per heavy atom. The molecule has 2 N–H and O–H groups in total. The lowest BCUT2D eigenvalue weighted by atomic mass is 9.98. The summed E-state index contributed by atoms with van der Waals surface area (Å²) in [7, 11) is 0. The van der Waals surface area contributed by atoms with Gasteiger partial charge in [-0.05, 0) is 50.4 Å². The maximum absolute atomic E-state index is 12.2. The highest BCUT2D eigenvalue weighted by molar-refractivity contribution is 5.95. The van der Waals surface area contributed by atoms with Crippen molar-refractivity contribution in [1.29, 1.82) is 0 Å². The normalized spacial score (nSPS) is 18.6. The molecule has 2 rings (SSSR count). The van der Waals surface area contributed by atoms with E-state index < -0.39 is 4.92 Å². The number of nitro benzene ring substituents is 1. The number of nitro groups is 1. The zero-order chi connectivity index (χ0) is 14.7. The predicted octanol–water partition coefficient (Wildman–Crippen LogP) is 2.15. The molecule has 1 aromatic rings. The van der Waals surface area contributed by atoms with E-state index in [4.69, 9.17) is 0 Å². The fourth-order valence-electron chi connectivity index (χ4n) is 2.36. The van der Waals surface area contributed by atoms with Crippen molar-refractivity contribution < 1.29 is 9.72 Å². The van der Waals surface area contributed by atoms with Crippen molar-refractivity contribution >= 4 is 17.3 Å². The van der Waals surface area contributed by atoms with Crippen LogP contribution >= 0.6 is 0 Å². The van der Waals surface area contributed by atoms with E-state index in [1.165, 1.54) is 6.07 Å². The summed E-state index contributed by atoms with van der Waals surface area (Å²) in [5.74, 6) is -0.270. The molecule has 0 aliphatic carbocycles. The third-order valence-corrected chi connectivity index (χ3v) is 3.73. The monoisotopic (exact) mass is 277 g/mol. The van der Waals surface area contributed by atoms with E-state index in [0.717, 1.165) is 30.5 Å². The van der Waals surface area contributed by atoms with Crippen LogP contribution in [0.25, 0.3) is 0 Å². The lowest BCUT2D eigenvalue weighted by molar-refractivity contribution is -0.384. The van der Waals surface area contributed by atoms with Crippen LogP contribution in [0.4, 0.5) is 11.4 Å². The molecular weight excluding hydrogens is 258 g/mol. The van der Waals surface area contributed by atoms with Crippen molar-refractivity contribution in [1.82, 2.24) is 5.32 Å². The van der Waals surface area contributed by atoms with Gasteiger partial charge in [-0.15, -0.1) is 0 Å². The molecule has 0 saturated carbocycles. The van der Waals surface area contributed by atoms with Crippen molar-refractivity contribution in [2.45, 2.75) is 26.7 Å². The second-order valence-electron chi connectivity index (χ2n) is 5.24. The van der Waals surface area contributed by atoms with Gasteiger partial charge in [-0.1, -0.05) is 0 Å². The summed E-state index contributed by atoms with van der Waals surface area (Å²) in [6.07, 6.45) is 1.77. The maximum Gasteiger partial charge on any atom is 0.293 e. The second-order valence-corrected chi connectivity index (χ2v) is 5.24. The average molecular weight is 277 g/mol. The summed E-state index contributed by atoms with van der Waals surface area (Å²) < 4.78 is 0. The molecule has 0 bridgehead atoms. The number of benzene rings is 1. The van der Waals surface area contributed by atoms with Crippen LogP contribution in [0.3, 0.4) is 0 Å². The number of carbonyl (C=O) groups is 1. The van der Waals surface area contributed by atoms with Crippen LogP contribution in [0, 0.1) is 29.9 Å². The van der Waals surface area contributed by atoms with Crippen LogP contribution in [0.5, 0.6) is 0 Å². The van der Waals surface area contributed by atoms with E-state index in [1.54, 1.807) is 6.07 Å². The van der Waals surface area contributed by atoms with Gasteiger partial charge in [0.1, 0.15) is 5.69 Å². The number of amides is 1. The Kier molecular flexibility index (Phi) is 4.34. The molecule has 108 valence electrons. The molecule has 1 amide bonds. The number of nitrogens with zero attached hydrogens (tertiary/aromatic N) is 1. The number of nitrogens with one attached hydrogen (secondary N) is 2. The van der Waals surface area contributed by atoms with E-state index in [2.05, 4.69) is 10.6 Å². The highest BCUT2D eigenvalue weighted by atomic mass is 16.6. The summed E-state index contributed by atoms with van der Waals surface area (Å²) in [6.45, 7) is 5.24. The molecular formula is C14H19N3O3. The lowest BCUT2D eigenvalue weighted by Gasteiger charge is -2.22. The molecule has 1 aliphatic heterocycles. The number of carbonyl (C=O) groups excluding carboxylic acids is 1. The molecule has 1 heterocycles. The number of hydrogen-bond donors (Lipinski definition) is 2. The first-order chi connectivity index (χ1) is 9.49. The zero-order valence-corrected chi connectivity index (χ0v) is 11.7. The smallest absolute Gasteiger partial charge is 0.293 e. The summed E-state index contributed by atoms with van der Waals surface area (Å²) in [5, 5.41) is 17.0. The summed E-state index contributed by atoms with van der Waals surface area (Å²) >= 11 is 0. The van der Waals surface area contributed by atoms with Crippen LogP contribution < -0.4 is 10.6 Å². The van der Waals surface area contributed by atoms with Gasteiger partial charge in [-0.25, -0.2) is 0 Å². The van der Waals surface area contributed by atoms with E-state index in [1.807, 2.05) is 13.8 Å². The van der Waals surface area contributed by atoms with E-state index in [-0.39, 0.29) is 23.2 Å². The van der Waals surface area contributed by atoms with Gasteiger partial charge >= 0.3 is 0 Å². The first-order valence-electron chi connectivity index (χ1n) is 6.76. The molecule has 1 atom stereocenters. The van der Waals surface area contributed by atoms with E-state index in [0.29, 0.717) is 6.54 Å². The van der Waals surface area contributed by atoms with Crippen LogP contribution in [0.2, 0.25) is 0 Å². The van der Waals surface area contributed by atoms with Gasteiger partial charge < -0.3 is 10.6 Å². The standard InChI is InChI=1S/C14H19N3O3/c1-9-6-12(13(17(19)20)7-10(9)2)16-14(18)11-4-3-5-15-8-11/h6-7,11,15H,3-5,8H2,1-2H3,(H,16,18)/t11-/m0/s1. The molecule has 1 fully saturated rings. The fourth-order valence-corrected chi connectivity index (χ4v) is 2.36. The third-order valence-electron chi connectivity index (χ3n) is 3.73. The number of anilines is 1. The molecule has 1 saturated heterocycles. The van der Waals surface area contributed by atoms with Crippen LogP contribution in [0.1, 0.15) is 24.0 Å². The number of hydrogen-bond acceptors (Lipinski definition) is 4. The van der Waals surface area contributed by atoms with Crippen LogP contribution in [0.15, 0.2) is 12.1 Å². The first-order valence-corrected chi connectivity index (χ1v) is 6.76. The summed E-state index contributed by atoms with van der Waals surface area (Å²) in [4.78, 5) is 22.8. The Hall–Kier alpha value is -1.95. The molecule has 20 heavy (non-hydrogen) atoms. The van der Waals surface area contributed by atoms with Crippen molar-refractivity contribution in [2.75, 3.05) is 18.4 Å². The van der Waals surface area contributed by atoms with Gasteiger partial charge in [0.2, 0.25) is 5.91 Å². The van der Waals surface area contributed by atoms with E-state index >= 15 is 0 Å². The first kappa shape index (κ1) is 14.5. The zero-order valence-electron chi connectivity index (χ0n) is 11.7. The molecule has 1 aromatic carbocycles. The van der Waals surface area contributed by atoms with Gasteiger partial charge in [0, 0.05) is 12.6 Å². The second kappa shape index (κ2) is 6.00. The molecule has 0 radical (unpaired) electrons. The van der Waals surface area contributed by atoms with Crippen LogP contribution in [-0.4, -0.2) is 23.9 Å². The largest absolute Gasteiger partial charge is 0.320 e. The van der Waals surface area contributed by atoms with Crippen molar-refractivity contribution in [3.05, 3.63) is 33.4 Å². The minimum atomic E-state index is -0.457. The van der Waals surface area contributed by atoms with Crippen LogP contribution in [-0.2, 0) is 4.79 Å². The SMILES string of the molecule is Cc1cc(NC(=O)[C@H]2CCCNC2)c([N+](=O)[O-])cc1C. The Labute approximate surface area is 117 Å². The minimum Gasteiger partial charge on any atom is -0.320 e. The highest BCUT2D eigenvalue weighted by Gasteiger charge is 2.24. The van der Waals surface area contributed by atoms with Gasteiger partial charge in [-0.3, -0.25) is 14.9 Å². The topological polar surface area (TPSA) is 84.3 Å². The lowest BCUT2D eigenvalue weighted by Crippen LogP contribution is -2.37. The molecule has 6 nitrogen and oxygen atoms in total. The maximum atomic E-state index is 12.2. The molecule has 6 heteroatoms. The Balaban J connectivity index is 2.21. The Bertz CT molecular complexity index is 537. The van der Waals surface area contributed by atoms with Gasteiger partial charge in [-0.2, -0.15) is 0 Å². The number of piperidine rings is 1. The average Bonchev–Trinajstić information content (AvgIpc) is 2.43.